The van der Waals surface area contributed by atoms with Gasteiger partial charge in [-0.15, -0.1) is 0 Å². The number of fused-ring (bicyclic) bond motifs is 1. The number of nitrogens with zero attached hydrogens (tertiary/aromatic N) is 9. The fraction of sp³-hybridized carbons (Fsp3) is 0.296. The maximum Gasteiger partial charge on any atom is 0.186 e. The average molecular weight is 496 g/mol. The molecular weight excluding hydrogens is 466 g/mol. The van der Waals surface area contributed by atoms with Gasteiger partial charge in [-0.05, 0) is 11.1 Å². The van der Waals surface area contributed by atoms with E-state index in [-0.39, 0.29) is 6.04 Å². The van der Waals surface area contributed by atoms with Crippen LogP contribution >= 0.6 is 0 Å². The second-order valence-electron chi connectivity index (χ2n) is 9.32. The summed E-state index contributed by atoms with van der Waals surface area (Å²) in [6.45, 7) is 4.66. The van der Waals surface area contributed by atoms with E-state index in [9.17, 15) is 5.11 Å². The van der Waals surface area contributed by atoms with Crippen LogP contribution in [-0.2, 0) is 6.54 Å². The van der Waals surface area contributed by atoms with Gasteiger partial charge in [0.25, 0.3) is 0 Å². The molecule has 3 aromatic heterocycles. The lowest BCUT2D eigenvalue weighted by molar-refractivity contribution is 0.0560. The Bertz CT molecular complexity index is 1380. The van der Waals surface area contributed by atoms with Crippen LogP contribution in [0.15, 0.2) is 86.0 Å². The predicted molar refractivity (Wildman–Crippen MR) is 139 cm³/mol. The predicted octanol–water partition coefficient (Wildman–Crippen LogP) is 2.18. The molecule has 1 fully saturated rings. The highest BCUT2D eigenvalue weighted by Gasteiger charge is 2.27. The fourth-order valence-corrected chi connectivity index (χ4v) is 5.16. The van der Waals surface area contributed by atoms with Crippen molar-refractivity contribution in [1.82, 2.24) is 44.1 Å². The summed E-state index contributed by atoms with van der Waals surface area (Å²) in [7, 11) is 0. The third-order valence-corrected chi connectivity index (χ3v) is 6.90. The van der Waals surface area contributed by atoms with Crippen LogP contribution in [0, 0.1) is 0 Å². The zero-order valence-electron chi connectivity index (χ0n) is 20.5. The van der Waals surface area contributed by atoms with Gasteiger partial charge < -0.3 is 9.67 Å². The Morgan fingerprint density at radius 2 is 1.46 bits per heavy atom. The molecule has 1 aliphatic rings. The monoisotopic (exact) mass is 495 g/mol. The number of aromatic nitrogens is 7. The van der Waals surface area contributed by atoms with Crippen molar-refractivity contribution in [3.05, 3.63) is 97.1 Å². The van der Waals surface area contributed by atoms with Gasteiger partial charge in [0.05, 0.1) is 25.0 Å². The molecule has 6 rings (SSSR count). The van der Waals surface area contributed by atoms with E-state index in [4.69, 9.17) is 0 Å². The number of aliphatic hydroxyl groups excluding tert-OH is 1. The van der Waals surface area contributed by atoms with E-state index in [1.807, 2.05) is 4.57 Å². The summed E-state index contributed by atoms with van der Waals surface area (Å²) in [6.07, 6.45) is 5.67. The SMILES string of the molecule is O[C@@H](CN1CCN(C(c2ccccc2)c2ccccc2)CC1)Cn1cnc2c(-n3cncn3)ncnc21. The van der Waals surface area contributed by atoms with Crippen LogP contribution in [0.4, 0.5) is 0 Å². The summed E-state index contributed by atoms with van der Waals surface area (Å²) in [5, 5.41) is 15.1. The van der Waals surface area contributed by atoms with E-state index >= 15 is 0 Å². The molecule has 0 bridgehead atoms. The molecule has 5 aromatic rings. The number of benzene rings is 2. The minimum atomic E-state index is -0.548. The van der Waals surface area contributed by atoms with Crippen LogP contribution in [0.1, 0.15) is 17.2 Å². The first-order valence-corrected chi connectivity index (χ1v) is 12.5. The number of aliphatic hydroxyl groups is 1. The lowest BCUT2D eigenvalue weighted by Crippen LogP contribution is -2.50. The van der Waals surface area contributed by atoms with Crippen LogP contribution in [0.3, 0.4) is 0 Å². The summed E-state index contributed by atoms with van der Waals surface area (Å²) in [6, 6.07) is 21.6. The van der Waals surface area contributed by atoms with Gasteiger partial charge in [-0.25, -0.2) is 24.6 Å². The summed E-state index contributed by atoms with van der Waals surface area (Å²) in [4.78, 5) is 22.0. The van der Waals surface area contributed by atoms with Crippen molar-refractivity contribution in [1.29, 1.82) is 0 Å². The Morgan fingerprint density at radius 3 is 2.11 bits per heavy atom. The van der Waals surface area contributed by atoms with Gasteiger partial charge in [-0.1, -0.05) is 60.7 Å². The maximum absolute atomic E-state index is 10.9. The normalized spacial score (nSPS) is 15.9. The molecule has 0 aliphatic carbocycles. The molecule has 10 nitrogen and oxygen atoms in total. The minimum absolute atomic E-state index is 0.227. The van der Waals surface area contributed by atoms with Crippen molar-refractivity contribution in [2.45, 2.75) is 18.7 Å². The number of hydrogen-bond acceptors (Lipinski definition) is 8. The minimum Gasteiger partial charge on any atom is -0.390 e. The van der Waals surface area contributed by atoms with Crippen LogP contribution in [0.5, 0.6) is 0 Å². The number of hydrogen-bond donors (Lipinski definition) is 1. The molecule has 10 heteroatoms. The second kappa shape index (κ2) is 10.6. The highest BCUT2D eigenvalue weighted by Crippen LogP contribution is 2.29. The Hall–Kier alpha value is -3.99. The highest BCUT2D eigenvalue weighted by molar-refractivity contribution is 5.78. The third-order valence-electron chi connectivity index (χ3n) is 6.90. The molecule has 1 saturated heterocycles. The van der Waals surface area contributed by atoms with E-state index < -0.39 is 6.10 Å². The molecule has 1 N–H and O–H groups in total. The first kappa shape index (κ1) is 23.4. The van der Waals surface area contributed by atoms with Crippen molar-refractivity contribution in [2.24, 2.45) is 0 Å². The Kier molecular flexibility index (Phi) is 6.68. The topological polar surface area (TPSA) is 101 Å². The average Bonchev–Trinajstić information content (AvgIpc) is 3.62. The highest BCUT2D eigenvalue weighted by atomic mass is 16.3. The van der Waals surface area contributed by atoms with Crippen molar-refractivity contribution in [3.8, 4) is 5.82 Å². The molecule has 0 saturated carbocycles. The van der Waals surface area contributed by atoms with Gasteiger partial charge in [0, 0.05) is 32.7 Å². The summed E-state index contributed by atoms with van der Waals surface area (Å²) < 4.78 is 3.44. The molecule has 2 aromatic carbocycles. The van der Waals surface area contributed by atoms with Crippen LogP contribution in [0.2, 0.25) is 0 Å². The van der Waals surface area contributed by atoms with Gasteiger partial charge >= 0.3 is 0 Å². The Labute approximate surface area is 214 Å². The smallest absolute Gasteiger partial charge is 0.186 e. The summed E-state index contributed by atoms with van der Waals surface area (Å²) in [5.74, 6) is 0.568. The number of imidazole rings is 1. The van der Waals surface area contributed by atoms with E-state index in [0.717, 1.165) is 26.2 Å². The molecule has 0 unspecified atom stereocenters. The summed E-state index contributed by atoms with van der Waals surface area (Å²) in [5.41, 5.74) is 3.91. The van der Waals surface area contributed by atoms with E-state index in [1.165, 1.54) is 23.8 Å². The van der Waals surface area contributed by atoms with E-state index in [2.05, 4.69) is 95.5 Å². The first-order chi connectivity index (χ1) is 18.3. The number of β-amino-alcohol motifs (C(OH)–C–C–N with tert-alkyl or cyclic N) is 1. The zero-order valence-corrected chi connectivity index (χ0v) is 20.5. The van der Waals surface area contributed by atoms with Gasteiger partial charge in [-0.2, -0.15) is 5.10 Å². The van der Waals surface area contributed by atoms with Crippen LogP contribution < -0.4 is 0 Å². The molecule has 0 spiro atoms. The van der Waals surface area contributed by atoms with Crippen molar-refractivity contribution >= 4 is 11.2 Å². The zero-order chi connectivity index (χ0) is 25.0. The Balaban J connectivity index is 1.10. The molecule has 0 amide bonds. The van der Waals surface area contributed by atoms with E-state index in [1.54, 1.807) is 17.3 Å². The molecule has 4 heterocycles. The van der Waals surface area contributed by atoms with Gasteiger partial charge in [0.1, 0.15) is 19.0 Å². The maximum atomic E-state index is 10.9. The lowest BCUT2D eigenvalue weighted by Gasteiger charge is -2.40. The second-order valence-corrected chi connectivity index (χ2v) is 9.32. The van der Waals surface area contributed by atoms with E-state index in [0.29, 0.717) is 30.1 Å². The quantitative estimate of drug-likeness (QED) is 0.350. The number of rotatable bonds is 8. The standard InChI is InChI=1S/C27H29N9O/c37-23(16-35-20-31-24-26(35)29-18-30-27(24)36-19-28-17-32-36)15-33-11-13-34(14-12-33)25(21-7-3-1-4-8-21)22-9-5-2-6-10-22/h1-10,17-20,23,25,37H,11-16H2/t23-/m0/s1. The molecular formula is C27H29N9O. The Morgan fingerprint density at radius 1 is 0.757 bits per heavy atom. The molecule has 37 heavy (non-hydrogen) atoms. The van der Waals surface area contributed by atoms with Crippen molar-refractivity contribution in [3.63, 3.8) is 0 Å². The third kappa shape index (κ3) is 4.99. The molecule has 1 atom stereocenters. The summed E-state index contributed by atoms with van der Waals surface area (Å²) >= 11 is 0. The van der Waals surface area contributed by atoms with Gasteiger partial charge in [-0.3, -0.25) is 9.80 Å². The van der Waals surface area contributed by atoms with Gasteiger partial charge in [0.2, 0.25) is 0 Å². The van der Waals surface area contributed by atoms with Crippen molar-refractivity contribution in [2.75, 3.05) is 32.7 Å². The molecule has 0 radical (unpaired) electrons. The van der Waals surface area contributed by atoms with Gasteiger partial charge in [0.15, 0.2) is 17.0 Å². The van der Waals surface area contributed by atoms with Crippen molar-refractivity contribution < 1.29 is 5.11 Å². The number of piperazine rings is 1. The first-order valence-electron chi connectivity index (χ1n) is 12.5. The van der Waals surface area contributed by atoms with Crippen LogP contribution in [-0.4, -0.2) is 88.0 Å². The molecule has 188 valence electrons. The molecule has 1 aliphatic heterocycles. The largest absolute Gasteiger partial charge is 0.390 e. The fourth-order valence-electron chi connectivity index (χ4n) is 5.16. The lowest BCUT2D eigenvalue weighted by atomic mass is 9.96. The van der Waals surface area contributed by atoms with Crippen LogP contribution in [0.25, 0.3) is 17.0 Å².